The predicted molar refractivity (Wildman–Crippen MR) is 92.6 cm³/mol. The molecule has 1 saturated carbocycles. The van der Waals surface area contributed by atoms with Crippen LogP contribution in [0.4, 0.5) is 22.0 Å². The highest BCUT2D eigenvalue weighted by Gasteiger charge is 2.43. The van der Waals surface area contributed by atoms with Crippen molar-refractivity contribution in [1.29, 1.82) is 0 Å². The maximum atomic E-state index is 12.8. The first-order valence-electron chi connectivity index (χ1n) is 9.04. The van der Waals surface area contributed by atoms with Crippen LogP contribution in [-0.4, -0.2) is 26.5 Å². The summed E-state index contributed by atoms with van der Waals surface area (Å²) in [6.45, 7) is 0. The molecule has 0 saturated heterocycles. The molecule has 0 aliphatic heterocycles. The molecule has 0 atom stereocenters. The number of hydrogen-bond acceptors (Lipinski definition) is 6. The number of para-hydroxylation sites is 1. The van der Waals surface area contributed by atoms with Crippen molar-refractivity contribution in [3.05, 3.63) is 53.9 Å². The molecule has 4 rings (SSSR count). The second kappa shape index (κ2) is 7.62. The van der Waals surface area contributed by atoms with Crippen LogP contribution in [0.15, 0.2) is 41.1 Å². The molecule has 6 nitrogen and oxygen atoms in total. The predicted octanol–water partition coefficient (Wildman–Crippen LogP) is 5.03. The number of halogens is 5. The zero-order chi connectivity index (χ0) is 21.4. The van der Waals surface area contributed by atoms with E-state index in [-0.39, 0.29) is 17.2 Å². The van der Waals surface area contributed by atoms with Gasteiger partial charge in [0.15, 0.2) is 0 Å². The summed E-state index contributed by atoms with van der Waals surface area (Å²) in [4.78, 5) is 8.43. The average molecular weight is 426 g/mol. The second-order valence-electron chi connectivity index (χ2n) is 6.99. The minimum absolute atomic E-state index is 0.140. The molecule has 0 spiro atoms. The van der Waals surface area contributed by atoms with Gasteiger partial charge in [-0.3, -0.25) is 0 Å². The molecule has 0 unspecified atom stereocenters. The van der Waals surface area contributed by atoms with Gasteiger partial charge in [-0.25, -0.2) is 9.97 Å². The van der Waals surface area contributed by atoms with Gasteiger partial charge in [-0.2, -0.15) is 8.78 Å². The summed E-state index contributed by atoms with van der Waals surface area (Å²) < 4.78 is 72.6. The Morgan fingerprint density at radius 1 is 1.07 bits per heavy atom. The second-order valence-corrected chi connectivity index (χ2v) is 6.99. The normalized spacial score (nSPS) is 15.8. The fraction of sp³-hybridized carbons (Fsp3) is 0.368. The lowest BCUT2D eigenvalue weighted by Crippen LogP contribution is -2.38. The van der Waals surface area contributed by atoms with Gasteiger partial charge in [0.2, 0.25) is 0 Å². The minimum atomic E-state index is -4.79. The van der Waals surface area contributed by atoms with Crippen LogP contribution in [0.3, 0.4) is 0 Å². The smallest absolute Gasteiger partial charge is 0.415 e. The quantitative estimate of drug-likeness (QED) is 0.515. The first-order valence-corrected chi connectivity index (χ1v) is 9.04. The lowest BCUT2D eigenvalue weighted by Gasteiger charge is -2.42. The highest BCUT2D eigenvalue weighted by atomic mass is 19.4. The molecule has 2 aromatic heterocycles. The SMILES string of the molecule is FC(F)c1nnc(-c2cnc(CC3(c4ccccc4OC(F)(F)F)CCC3)nc2)o1. The van der Waals surface area contributed by atoms with Gasteiger partial charge in [0.25, 0.3) is 11.8 Å². The summed E-state index contributed by atoms with van der Waals surface area (Å²) in [5.74, 6) is -0.775. The molecule has 11 heteroatoms. The molecule has 30 heavy (non-hydrogen) atoms. The van der Waals surface area contributed by atoms with Crippen LogP contribution in [0.5, 0.6) is 5.75 Å². The van der Waals surface area contributed by atoms with Gasteiger partial charge >= 0.3 is 12.8 Å². The van der Waals surface area contributed by atoms with Gasteiger partial charge in [-0.05, 0) is 18.9 Å². The maximum Gasteiger partial charge on any atom is 0.573 e. The van der Waals surface area contributed by atoms with Crippen molar-refractivity contribution >= 4 is 0 Å². The van der Waals surface area contributed by atoms with Crippen molar-refractivity contribution in [2.75, 3.05) is 0 Å². The Morgan fingerprint density at radius 3 is 2.33 bits per heavy atom. The standard InChI is InChI=1S/C19H15F5N4O2/c20-15(21)17-28-27-16(29-17)11-9-25-14(26-10-11)8-18(6-3-7-18)12-4-1-2-5-13(12)30-19(22,23)24/h1-2,4-5,9-10,15H,3,6-8H2. The molecule has 3 aromatic rings. The first-order chi connectivity index (χ1) is 14.3. The van der Waals surface area contributed by atoms with Gasteiger partial charge in [0.1, 0.15) is 11.6 Å². The number of aromatic nitrogens is 4. The largest absolute Gasteiger partial charge is 0.573 e. The maximum absolute atomic E-state index is 12.8. The van der Waals surface area contributed by atoms with E-state index in [4.69, 9.17) is 4.42 Å². The number of benzene rings is 1. The average Bonchev–Trinajstić information content (AvgIpc) is 3.15. The number of rotatable bonds is 6. The van der Waals surface area contributed by atoms with Crippen molar-refractivity contribution in [1.82, 2.24) is 20.2 Å². The molecule has 1 aliphatic rings. The molecule has 0 bridgehead atoms. The van der Waals surface area contributed by atoms with Gasteiger partial charge in [0.05, 0.1) is 5.56 Å². The van der Waals surface area contributed by atoms with Crippen molar-refractivity contribution in [2.24, 2.45) is 0 Å². The highest BCUT2D eigenvalue weighted by molar-refractivity contribution is 5.49. The third-order valence-corrected chi connectivity index (χ3v) is 5.07. The highest BCUT2D eigenvalue weighted by Crippen LogP contribution is 2.49. The van der Waals surface area contributed by atoms with Crippen molar-refractivity contribution in [3.63, 3.8) is 0 Å². The van der Waals surface area contributed by atoms with E-state index in [1.807, 2.05) is 0 Å². The van der Waals surface area contributed by atoms with E-state index < -0.39 is 24.1 Å². The van der Waals surface area contributed by atoms with Crippen LogP contribution < -0.4 is 4.74 Å². The van der Waals surface area contributed by atoms with E-state index in [2.05, 4.69) is 24.9 Å². The Hall–Kier alpha value is -3.11. The Morgan fingerprint density at radius 2 is 1.77 bits per heavy atom. The zero-order valence-electron chi connectivity index (χ0n) is 15.4. The van der Waals surface area contributed by atoms with Crippen LogP contribution in [0.2, 0.25) is 0 Å². The van der Waals surface area contributed by atoms with E-state index in [0.29, 0.717) is 30.7 Å². The summed E-state index contributed by atoms with van der Waals surface area (Å²) in [6, 6.07) is 6.07. The molecule has 2 heterocycles. The topological polar surface area (TPSA) is 73.9 Å². The van der Waals surface area contributed by atoms with E-state index in [9.17, 15) is 22.0 Å². The van der Waals surface area contributed by atoms with Gasteiger partial charge < -0.3 is 9.15 Å². The third-order valence-electron chi connectivity index (χ3n) is 5.07. The molecule has 1 aromatic carbocycles. The molecule has 158 valence electrons. The summed E-state index contributed by atoms with van der Waals surface area (Å²) in [5.41, 5.74) is 0.151. The van der Waals surface area contributed by atoms with E-state index in [1.165, 1.54) is 24.5 Å². The molecule has 1 fully saturated rings. The Balaban J connectivity index is 1.57. The van der Waals surface area contributed by atoms with E-state index in [1.54, 1.807) is 12.1 Å². The molecule has 0 amide bonds. The lowest BCUT2D eigenvalue weighted by molar-refractivity contribution is -0.275. The summed E-state index contributed by atoms with van der Waals surface area (Å²) in [6.07, 6.45) is -2.47. The number of hydrogen-bond donors (Lipinski definition) is 0. The zero-order valence-corrected chi connectivity index (χ0v) is 15.4. The first kappa shape index (κ1) is 20.2. The van der Waals surface area contributed by atoms with E-state index in [0.717, 1.165) is 6.42 Å². The summed E-state index contributed by atoms with van der Waals surface area (Å²) in [7, 11) is 0. The molecular formula is C19H15F5N4O2. The van der Waals surface area contributed by atoms with Crippen molar-refractivity contribution in [3.8, 4) is 17.2 Å². The van der Waals surface area contributed by atoms with Crippen molar-refractivity contribution in [2.45, 2.75) is 43.9 Å². The van der Waals surface area contributed by atoms with Crippen LogP contribution >= 0.6 is 0 Å². The Kier molecular flexibility index (Phi) is 5.12. The summed E-state index contributed by atoms with van der Waals surface area (Å²) >= 11 is 0. The van der Waals surface area contributed by atoms with Crippen LogP contribution in [0.1, 0.15) is 43.0 Å². The molecule has 0 radical (unpaired) electrons. The van der Waals surface area contributed by atoms with Crippen LogP contribution in [0, 0.1) is 0 Å². The fourth-order valence-corrected chi connectivity index (χ4v) is 3.56. The lowest BCUT2D eigenvalue weighted by atomic mass is 9.62. The number of alkyl halides is 5. The van der Waals surface area contributed by atoms with Gasteiger partial charge in [0, 0.05) is 29.8 Å². The summed E-state index contributed by atoms with van der Waals surface area (Å²) in [5, 5.41) is 6.78. The third kappa shape index (κ3) is 4.10. The van der Waals surface area contributed by atoms with Gasteiger partial charge in [-0.1, -0.05) is 24.6 Å². The monoisotopic (exact) mass is 426 g/mol. The fourth-order valence-electron chi connectivity index (χ4n) is 3.56. The van der Waals surface area contributed by atoms with E-state index >= 15 is 0 Å². The van der Waals surface area contributed by atoms with Gasteiger partial charge in [-0.15, -0.1) is 23.4 Å². The van der Waals surface area contributed by atoms with Crippen molar-refractivity contribution < 1.29 is 31.1 Å². The molecular weight excluding hydrogens is 411 g/mol. The Labute approximate surface area is 167 Å². The minimum Gasteiger partial charge on any atom is -0.415 e. The van der Waals surface area contributed by atoms with Crippen LogP contribution in [-0.2, 0) is 11.8 Å². The Bertz CT molecular complexity index is 1020. The molecule has 0 N–H and O–H groups in total. The number of ether oxygens (including phenoxy) is 1. The number of nitrogens with zero attached hydrogens (tertiary/aromatic N) is 4. The van der Waals surface area contributed by atoms with Crippen LogP contribution in [0.25, 0.3) is 11.5 Å². The molecule has 1 aliphatic carbocycles.